The number of fused-ring (bicyclic) bond motifs is 1. The van der Waals surface area contributed by atoms with Gasteiger partial charge in [-0.05, 0) is 49.2 Å². The Hall–Kier alpha value is -3.51. The van der Waals surface area contributed by atoms with Gasteiger partial charge >= 0.3 is 0 Å². The number of benzene rings is 3. The van der Waals surface area contributed by atoms with E-state index < -0.39 is 6.10 Å². The van der Waals surface area contributed by atoms with Crippen LogP contribution in [-0.4, -0.2) is 17.0 Å². The number of amides is 1. The zero-order valence-electron chi connectivity index (χ0n) is 18.6. The number of para-hydroxylation sites is 3. The normalized spacial score (nSPS) is 11.8. The summed E-state index contributed by atoms with van der Waals surface area (Å²) in [5.74, 6) is 1.05. The van der Waals surface area contributed by atoms with Crippen molar-refractivity contribution in [2.24, 2.45) is 0 Å². The zero-order chi connectivity index (χ0) is 23.2. The summed E-state index contributed by atoms with van der Waals surface area (Å²) in [6, 6.07) is 24.4. The van der Waals surface area contributed by atoms with Crippen LogP contribution >= 0.6 is 11.8 Å². The van der Waals surface area contributed by atoms with Crippen molar-refractivity contribution >= 4 is 34.3 Å². The standard InChI is InChI=1S/C27H26N2O3S/c1-3-24(32-20-11-5-4-6-12-20)27(31)29-22-14-7-8-15-25(22)33-17-19-16-23(30)21-13-9-10-18(2)26(21)28-19/h4-16,24H,3,17H2,1-2H3,(H,28,30)(H,29,31)/t24-/m1/s1. The first-order valence-electron chi connectivity index (χ1n) is 10.9. The fraction of sp³-hybridized carbons (Fsp3) is 0.185. The Balaban J connectivity index is 1.49. The predicted octanol–water partition coefficient (Wildman–Crippen LogP) is 5.92. The van der Waals surface area contributed by atoms with Crippen LogP contribution in [0.5, 0.6) is 5.75 Å². The number of pyridine rings is 1. The molecule has 0 aliphatic heterocycles. The fourth-order valence-corrected chi connectivity index (χ4v) is 4.52. The lowest BCUT2D eigenvalue weighted by molar-refractivity contribution is -0.122. The Bertz CT molecular complexity index is 1320. The van der Waals surface area contributed by atoms with Gasteiger partial charge in [0.05, 0.1) is 11.2 Å². The van der Waals surface area contributed by atoms with E-state index in [1.165, 1.54) is 0 Å². The minimum atomic E-state index is -0.592. The zero-order valence-corrected chi connectivity index (χ0v) is 19.4. The molecule has 168 valence electrons. The van der Waals surface area contributed by atoms with E-state index in [0.717, 1.165) is 27.4 Å². The molecule has 33 heavy (non-hydrogen) atoms. The van der Waals surface area contributed by atoms with Gasteiger partial charge in [-0.2, -0.15) is 0 Å². The summed E-state index contributed by atoms with van der Waals surface area (Å²) in [5.41, 5.74) is 3.47. The first-order valence-corrected chi connectivity index (χ1v) is 11.9. The highest BCUT2D eigenvalue weighted by atomic mass is 32.2. The average Bonchev–Trinajstić information content (AvgIpc) is 2.83. The number of ether oxygens (including phenoxy) is 1. The number of anilines is 1. The van der Waals surface area contributed by atoms with E-state index in [0.29, 0.717) is 23.3 Å². The van der Waals surface area contributed by atoms with E-state index in [1.54, 1.807) is 17.8 Å². The second-order valence-corrected chi connectivity index (χ2v) is 8.78. The van der Waals surface area contributed by atoms with Crippen LogP contribution in [0.2, 0.25) is 0 Å². The molecule has 0 fully saturated rings. The molecule has 1 heterocycles. The quantitative estimate of drug-likeness (QED) is 0.321. The molecule has 6 heteroatoms. The Kier molecular flexibility index (Phi) is 7.15. The smallest absolute Gasteiger partial charge is 0.265 e. The maximum Gasteiger partial charge on any atom is 0.265 e. The topological polar surface area (TPSA) is 71.2 Å². The second kappa shape index (κ2) is 10.4. The third kappa shape index (κ3) is 5.46. The van der Waals surface area contributed by atoms with Crippen LogP contribution in [-0.2, 0) is 10.5 Å². The van der Waals surface area contributed by atoms with Gasteiger partial charge in [0.25, 0.3) is 5.91 Å². The second-order valence-electron chi connectivity index (χ2n) is 7.76. The molecule has 0 bridgehead atoms. The van der Waals surface area contributed by atoms with Crippen LogP contribution in [0.25, 0.3) is 10.9 Å². The Morgan fingerprint density at radius 2 is 1.79 bits per heavy atom. The van der Waals surface area contributed by atoms with Gasteiger partial charge in [-0.15, -0.1) is 11.8 Å². The minimum absolute atomic E-state index is 0.00786. The molecular formula is C27H26N2O3S. The number of carbonyl (C=O) groups is 1. The number of carbonyl (C=O) groups excluding carboxylic acids is 1. The van der Waals surface area contributed by atoms with E-state index in [4.69, 9.17) is 4.74 Å². The largest absolute Gasteiger partial charge is 0.481 e. The highest BCUT2D eigenvalue weighted by Crippen LogP contribution is 2.30. The molecule has 1 atom stereocenters. The van der Waals surface area contributed by atoms with Crippen molar-refractivity contribution in [3.05, 3.63) is 100 Å². The third-order valence-electron chi connectivity index (χ3n) is 5.34. The van der Waals surface area contributed by atoms with Gasteiger partial charge in [0, 0.05) is 27.8 Å². The molecule has 0 saturated carbocycles. The number of hydrogen-bond acceptors (Lipinski definition) is 4. The van der Waals surface area contributed by atoms with E-state index in [-0.39, 0.29) is 11.3 Å². The summed E-state index contributed by atoms with van der Waals surface area (Å²) in [6.07, 6.45) is -0.0430. The van der Waals surface area contributed by atoms with E-state index >= 15 is 0 Å². The molecule has 0 aliphatic rings. The summed E-state index contributed by atoms with van der Waals surface area (Å²) < 4.78 is 5.87. The fourth-order valence-electron chi connectivity index (χ4n) is 3.60. The first kappa shape index (κ1) is 22.7. The number of aromatic nitrogens is 1. The molecule has 0 unspecified atom stereocenters. The maximum atomic E-state index is 12.9. The summed E-state index contributed by atoms with van der Waals surface area (Å²) in [7, 11) is 0. The molecule has 5 nitrogen and oxygen atoms in total. The molecule has 0 radical (unpaired) electrons. The van der Waals surface area contributed by atoms with Crippen molar-refractivity contribution in [2.45, 2.75) is 37.0 Å². The Morgan fingerprint density at radius 1 is 1.03 bits per heavy atom. The van der Waals surface area contributed by atoms with Gasteiger partial charge in [0.15, 0.2) is 11.5 Å². The molecule has 4 aromatic rings. The van der Waals surface area contributed by atoms with Crippen molar-refractivity contribution < 1.29 is 9.53 Å². The Morgan fingerprint density at radius 3 is 2.58 bits per heavy atom. The van der Waals surface area contributed by atoms with Gasteiger partial charge < -0.3 is 15.0 Å². The van der Waals surface area contributed by atoms with Gasteiger partial charge in [-0.25, -0.2) is 0 Å². The average molecular weight is 459 g/mol. The molecule has 4 rings (SSSR count). The molecule has 0 saturated heterocycles. The number of H-pyrrole nitrogens is 1. The van der Waals surface area contributed by atoms with Crippen molar-refractivity contribution in [1.82, 2.24) is 4.98 Å². The number of aryl methyl sites for hydroxylation is 1. The summed E-state index contributed by atoms with van der Waals surface area (Å²) >= 11 is 1.56. The van der Waals surface area contributed by atoms with E-state index in [1.807, 2.05) is 86.6 Å². The first-order chi connectivity index (χ1) is 16.0. The highest BCUT2D eigenvalue weighted by molar-refractivity contribution is 7.98. The van der Waals surface area contributed by atoms with Crippen LogP contribution in [0.1, 0.15) is 24.6 Å². The maximum absolute atomic E-state index is 12.9. The lowest BCUT2D eigenvalue weighted by atomic mass is 10.1. The predicted molar refractivity (Wildman–Crippen MR) is 135 cm³/mol. The number of aromatic amines is 1. The molecule has 3 aromatic carbocycles. The summed E-state index contributed by atoms with van der Waals surface area (Å²) in [4.78, 5) is 29.8. The van der Waals surface area contributed by atoms with Crippen LogP contribution in [0.4, 0.5) is 5.69 Å². The monoisotopic (exact) mass is 458 g/mol. The SMILES string of the molecule is CC[C@@H](Oc1ccccc1)C(=O)Nc1ccccc1SCc1cc(=O)c2cccc(C)c2[nH]1. The van der Waals surface area contributed by atoms with E-state index in [9.17, 15) is 9.59 Å². The number of rotatable bonds is 8. The molecule has 0 aliphatic carbocycles. The number of hydrogen-bond donors (Lipinski definition) is 2. The number of thioether (sulfide) groups is 1. The number of nitrogens with one attached hydrogen (secondary N) is 2. The molecule has 2 N–H and O–H groups in total. The lowest BCUT2D eigenvalue weighted by Crippen LogP contribution is -2.32. The summed E-state index contributed by atoms with van der Waals surface area (Å²) in [6.45, 7) is 3.91. The van der Waals surface area contributed by atoms with Crippen molar-refractivity contribution in [3.63, 3.8) is 0 Å². The minimum Gasteiger partial charge on any atom is -0.481 e. The van der Waals surface area contributed by atoms with Gasteiger partial charge in [0.2, 0.25) is 0 Å². The lowest BCUT2D eigenvalue weighted by Gasteiger charge is -2.18. The van der Waals surface area contributed by atoms with Gasteiger partial charge in [-0.1, -0.05) is 49.4 Å². The van der Waals surface area contributed by atoms with Crippen LogP contribution in [0.15, 0.2) is 88.6 Å². The van der Waals surface area contributed by atoms with Gasteiger partial charge in [-0.3, -0.25) is 9.59 Å². The van der Waals surface area contributed by atoms with Crippen molar-refractivity contribution in [3.8, 4) is 5.75 Å². The van der Waals surface area contributed by atoms with Crippen LogP contribution < -0.4 is 15.5 Å². The molecule has 1 aromatic heterocycles. The van der Waals surface area contributed by atoms with Gasteiger partial charge in [0.1, 0.15) is 5.75 Å². The summed E-state index contributed by atoms with van der Waals surface area (Å²) in [5, 5.41) is 3.71. The van der Waals surface area contributed by atoms with Crippen molar-refractivity contribution in [2.75, 3.05) is 5.32 Å². The molecule has 0 spiro atoms. The Labute approximate surface area is 197 Å². The van der Waals surface area contributed by atoms with Crippen molar-refractivity contribution in [1.29, 1.82) is 0 Å². The highest BCUT2D eigenvalue weighted by Gasteiger charge is 2.19. The molecular weight excluding hydrogens is 432 g/mol. The van der Waals surface area contributed by atoms with Crippen LogP contribution in [0.3, 0.4) is 0 Å². The third-order valence-corrected chi connectivity index (χ3v) is 6.46. The van der Waals surface area contributed by atoms with E-state index in [2.05, 4.69) is 10.3 Å². The van der Waals surface area contributed by atoms with Crippen LogP contribution in [0, 0.1) is 6.92 Å². The molecule has 1 amide bonds.